The van der Waals surface area contributed by atoms with Gasteiger partial charge in [0.15, 0.2) is 5.96 Å². The Morgan fingerprint density at radius 3 is 2.56 bits per heavy atom. The van der Waals surface area contributed by atoms with E-state index >= 15 is 0 Å². The minimum Gasteiger partial charge on any atom is -0.354 e. The molecular weight excluding hydrogens is 229 g/mol. The van der Waals surface area contributed by atoms with Gasteiger partial charge in [0.25, 0.3) is 0 Å². The van der Waals surface area contributed by atoms with E-state index in [1.54, 1.807) is 7.05 Å². The molecule has 0 unspecified atom stereocenters. The van der Waals surface area contributed by atoms with Gasteiger partial charge >= 0.3 is 0 Å². The quantitative estimate of drug-likeness (QED) is 0.633. The van der Waals surface area contributed by atoms with Crippen molar-refractivity contribution in [2.45, 2.75) is 37.3 Å². The molecule has 0 saturated heterocycles. The van der Waals surface area contributed by atoms with Crippen molar-refractivity contribution in [2.75, 3.05) is 7.05 Å². The Kier molecular flexibility index (Phi) is 2.94. The normalized spacial score (nSPS) is 26.9. The van der Waals surface area contributed by atoms with Crippen LogP contribution in [-0.2, 0) is 0 Å². The highest BCUT2D eigenvalue weighted by Crippen LogP contribution is 2.40. The lowest BCUT2D eigenvalue weighted by atomic mass is 10.1. The van der Waals surface area contributed by atoms with Crippen LogP contribution in [0.3, 0.4) is 0 Å². The summed E-state index contributed by atoms with van der Waals surface area (Å²) in [4.78, 5) is 4.23. The van der Waals surface area contributed by atoms with Gasteiger partial charge in [-0.1, -0.05) is 12.1 Å². The molecule has 2 N–H and O–H groups in total. The van der Waals surface area contributed by atoms with Gasteiger partial charge in [0.1, 0.15) is 5.82 Å². The van der Waals surface area contributed by atoms with Crippen molar-refractivity contribution in [3.05, 3.63) is 35.6 Å². The van der Waals surface area contributed by atoms with Crippen molar-refractivity contribution in [1.82, 2.24) is 10.6 Å². The van der Waals surface area contributed by atoms with Gasteiger partial charge in [-0.05, 0) is 37.0 Å². The first-order valence-electron chi connectivity index (χ1n) is 6.51. The number of halogens is 1. The third-order valence-corrected chi connectivity index (χ3v) is 3.55. The van der Waals surface area contributed by atoms with E-state index in [-0.39, 0.29) is 5.82 Å². The highest BCUT2D eigenvalue weighted by molar-refractivity contribution is 5.81. The average molecular weight is 247 g/mol. The van der Waals surface area contributed by atoms with Crippen LogP contribution in [0.4, 0.5) is 4.39 Å². The van der Waals surface area contributed by atoms with E-state index in [4.69, 9.17) is 0 Å². The lowest BCUT2D eigenvalue weighted by Gasteiger charge is -2.10. The van der Waals surface area contributed by atoms with Crippen molar-refractivity contribution in [3.63, 3.8) is 0 Å². The monoisotopic (exact) mass is 247 g/mol. The molecule has 4 heteroatoms. The second-order valence-electron chi connectivity index (χ2n) is 5.14. The molecule has 2 aliphatic rings. The fourth-order valence-electron chi connectivity index (χ4n) is 2.20. The van der Waals surface area contributed by atoms with Crippen molar-refractivity contribution in [2.24, 2.45) is 4.99 Å². The molecule has 2 saturated carbocycles. The topological polar surface area (TPSA) is 36.4 Å². The molecule has 2 fully saturated rings. The first kappa shape index (κ1) is 11.5. The number of aliphatic imine (C=N–C) groups is 1. The Balaban J connectivity index is 1.55. The third kappa shape index (κ3) is 2.63. The molecule has 2 atom stereocenters. The Bertz CT molecular complexity index is 451. The van der Waals surface area contributed by atoms with Gasteiger partial charge in [0.05, 0.1) is 0 Å². The molecule has 3 rings (SSSR count). The van der Waals surface area contributed by atoms with Crippen LogP contribution in [0.25, 0.3) is 0 Å². The summed E-state index contributed by atoms with van der Waals surface area (Å²) in [5, 5.41) is 6.79. The minimum absolute atomic E-state index is 0.171. The highest BCUT2D eigenvalue weighted by Gasteiger charge is 2.39. The summed E-state index contributed by atoms with van der Waals surface area (Å²) in [7, 11) is 1.80. The van der Waals surface area contributed by atoms with Crippen molar-refractivity contribution < 1.29 is 4.39 Å². The van der Waals surface area contributed by atoms with Crippen LogP contribution >= 0.6 is 0 Å². The molecule has 0 aromatic heterocycles. The number of hydrogen-bond acceptors (Lipinski definition) is 1. The molecule has 0 spiro atoms. The minimum atomic E-state index is -0.171. The summed E-state index contributed by atoms with van der Waals surface area (Å²) in [6.07, 6.45) is 3.58. The Morgan fingerprint density at radius 2 is 1.94 bits per heavy atom. The number of nitrogens with zero attached hydrogens (tertiary/aromatic N) is 1. The summed E-state index contributed by atoms with van der Waals surface area (Å²) in [6.45, 7) is 0. The molecular formula is C14H18FN3. The SMILES string of the molecule is CN=C(NC1CC1)N[C@@H]1C[C@H]1c1ccc(F)cc1. The van der Waals surface area contributed by atoms with Crippen molar-refractivity contribution in [3.8, 4) is 0 Å². The molecule has 96 valence electrons. The van der Waals surface area contributed by atoms with Crippen LogP contribution in [0.5, 0.6) is 0 Å². The number of benzene rings is 1. The smallest absolute Gasteiger partial charge is 0.191 e. The molecule has 0 aliphatic heterocycles. The fourth-order valence-corrected chi connectivity index (χ4v) is 2.20. The van der Waals surface area contributed by atoms with Gasteiger partial charge in [-0.3, -0.25) is 4.99 Å². The highest BCUT2D eigenvalue weighted by atomic mass is 19.1. The number of nitrogens with one attached hydrogen (secondary N) is 2. The van der Waals surface area contributed by atoms with Gasteiger partial charge in [0.2, 0.25) is 0 Å². The molecule has 1 aromatic carbocycles. The standard InChI is InChI=1S/C14H18FN3/c1-16-14(17-11-6-7-11)18-13-8-12(13)9-2-4-10(15)5-3-9/h2-5,11-13H,6-8H2,1H3,(H2,16,17,18)/t12-,13+/m0/s1. The summed E-state index contributed by atoms with van der Waals surface area (Å²) >= 11 is 0. The number of rotatable bonds is 3. The maximum Gasteiger partial charge on any atom is 0.191 e. The van der Waals surface area contributed by atoms with Crippen LogP contribution in [0, 0.1) is 5.82 Å². The average Bonchev–Trinajstić information content (AvgIpc) is 3.26. The molecule has 18 heavy (non-hydrogen) atoms. The second-order valence-corrected chi connectivity index (χ2v) is 5.14. The summed E-state index contributed by atoms with van der Waals surface area (Å²) in [6, 6.07) is 7.85. The van der Waals surface area contributed by atoms with Gasteiger partial charge in [-0.15, -0.1) is 0 Å². The molecule has 0 bridgehead atoms. The lowest BCUT2D eigenvalue weighted by molar-refractivity contribution is 0.627. The summed E-state index contributed by atoms with van der Waals surface area (Å²) in [5.74, 6) is 1.21. The predicted molar refractivity (Wildman–Crippen MR) is 70.2 cm³/mol. The maximum atomic E-state index is 12.8. The van der Waals surface area contributed by atoms with Gasteiger partial charge in [-0.25, -0.2) is 4.39 Å². The summed E-state index contributed by atoms with van der Waals surface area (Å²) < 4.78 is 12.8. The molecule has 3 nitrogen and oxygen atoms in total. The fraction of sp³-hybridized carbons (Fsp3) is 0.500. The van der Waals surface area contributed by atoms with E-state index < -0.39 is 0 Å². The van der Waals surface area contributed by atoms with Crippen LogP contribution in [0.2, 0.25) is 0 Å². The van der Waals surface area contributed by atoms with Gasteiger partial charge in [0, 0.05) is 25.0 Å². The van der Waals surface area contributed by atoms with E-state index in [2.05, 4.69) is 15.6 Å². The zero-order chi connectivity index (χ0) is 12.5. The Morgan fingerprint density at radius 1 is 1.22 bits per heavy atom. The van der Waals surface area contributed by atoms with E-state index in [9.17, 15) is 4.39 Å². The molecule has 0 radical (unpaired) electrons. The van der Waals surface area contributed by atoms with Crippen LogP contribution in [0.1, 0.15) is 30.7 Å². The van der Waals surface area contributed by atoms with Gasteiger partial charge in [-0.2, -0.15) is 0 Å². The largest absolute Gasteiger partial charge is 0.354 e. The Labute approximate surface area is 106 Å². The summed E-state index contributed by atoms with van der Waals surface area (Å²) in [5.41, 5.74) is 1.20. The maximum absolute atomic E-state index is 12.8. The van der Waals surface area contributed by atoms with E-state index in [1.165, 1.54) is 30.5 Å². The molecule has 1 aromatic rings. The molecule has 2 aliphatic carbocycles. The van der Waals surface area contributed by atoms with E-state index in [0.29, 0.717) is 18.0 Å². The lowest BCUT2D eigenvalue weighted by Crippen LogP contribution is -2.40. The van der Waals surface area contributed by atoms with Crippen molar-refractivity contribution in [1.29, 1.82) is 0 Å². The second kappa shape index (κ2) is 4.59. The molecule has 0 heterocycles. The molecule has 0 amide bonds. The predicted octanol–water partition coefficient (Wildman–Crippen LogP) is 2.01. The number of hydrogen-bond donors (Lipinski definition) is 2. The van der Waals surface area contributed by atoms with E-state index in [1.807, 2.05) is 12.1 Å². The zero-order valence-corrected chi connectivity index (χ0v) is 10.5. The van der Waals surface area contributed by atoms with Crippen LogP contribution in [-0.4, -0.2) is 25.1 Å². The van der Waals surface area contributed by atoms with Crippen LogP contribution < -0.4 is 10.6 Å². The Hall–Kier alpha value is -1.58. The first-order chi connectivity index (χ1) is 8.76. The van der Waals surface area contributed by atoms with Gasteiger partial charge < -0.3 is 10.6 Å². The number of guanidine groups is 1. The zero-order valence-electron chi connectivity index (χ0n) is 10.5. The first-order valence-corrected chi connectivity index (χ1v) is 6.51. The van der Waals surface area contributed by atoms with Crippen molar-refractivity contribution >= 4 is 5.96 Å². The van der Waals surface area contributed by atoms with Crippen LogP contribution in [0.15, 0.2) is 29.3 Å². The third-order valence-electron chi connectivity index (χ3n) is 3.55. The van der Waals surface area contributed by atoms with E-state index in [0.717, 1.165) is 12.4 Å².